The van der Waals surface area contributed by atoms with Gasteiger partial charge in [-0.2, -0.15) is 0 Å². The van der Waals surface area contributed by atoms with E-state index in [0.717, 1.165) is 89.9 Å². The fourth-order valence-corrected chi connectivity index (χ4v) is 13.8. The molecule has 8 rings (SSSR count). The van der Waals surface area contributed by atoms with E-state index in [1.54, 1.807) is 0 Å². The molecular formula is C38H56O6. The van der Waals surface area contributed by atoms with E-state index in [1.165, 1.54) is 0 Å². The second-order valence-corrected chi connectivity index (χ2v) is 17.8. The van der Waals surface area contributed by atoms with Crippen molar-refractivity contribution in [2.75, 3.05) is 0 Å². The molecule has 8 aliphatic carbocycles. The Hall–Kier alpha value is -1.40. The fourth-order valence-electron chi connectivity index (χ4n) is 13.8. The minimum Gasteiger partial charge on any atom is -0.385 e. The summed E-state index contributed by atoms with van der Waals surface area (Å²) in [5.74, 6) is 4.75. The lowest BCUT2D eigenvalue weighted by Gasteiger charge is -2.59. The predicted octanol–water partition coefficient (Wildman–Crippen LogP) is 6.28. The number of carbonyl (C=O) groups is 4. The van der Waals surface area contributed by atoms with Gasteiger partial charge in [0, 0.05) is 35.5 Å². The normalized spacial score (nSPS) is 54.6. The molecule has 14 atom stereocenters. The molecule has 2 N–H and O–H groups in total. The maximum absolute atomic E-state index is 12.5. The van der Waals surface area contributed by atoms with E-state index in [0.29, 0.717) is 59.9 Å². The first kappa shape index (κ1) is 31.2. The van der Waals surface area contributed by atoms with Crippen LogP contribution in [0.3, 0.4) is 0 Å². The molecule has 244 valence electrons. The fraction of sp³-hybridized carbons (Fsp3) is 0.895. The lowest BCUT2D eigenvalue weighted by atomic mass is 9.45. The summed E-state index contributed by atoms with van der Waals surface area (Å²) in [5, 5.41) is 19.9. The van der Waals surface area contributed by atoms with Crippen molar-refractivity contribution in [1.82, 2.24) is 0 Å². The first-order chi connectivity index (χ1) is 20.8. The highest BCUT2D eigenvalue weighted by Crippen LogP contribution is 2.66. The Labute approximate surface area is 263 Å². The molecule has 0 aromatic carbocycles. The molecule has 0 radical (unpaired) electrons. The molecular weight excluding hydrogens is 552 g/mol. The van der Waals surface area contributed by atoms with Gasteiger partial charge in [0.2, 0.25) is 0 Å². The number of aliphatic hydroxyl groups is 2. The lowest BCUT2D eigenvalue weighted by molar-refractivity contribution is -0.161. The van der Waals surface area contributed by atoms with E-state index in [-0.39, 0.29) is 45.1 Å². The molecule has 0 spiro atoms. The van der Waals surface area contributed by atoms with E-state index in [2.05, 4.69) is 27.7 Å². The van der Waals surface area contributed by atoms with Gasteiger partial charge in [0.05, 0.1) is 0 Å². The first-order valence-corrected chi connectivity index (χ1v) is 18.3. The van der Waals surface area contributed by atoms with Gasteiger partial charge in [0.25, 0.3) is 0 Å². The van der Waals surface area contributed by atoms with Gasteiger partial charge in [-0.3, -0.25) is 19.2 Å². The number of rotatable bonds is 0. The quantitative estimate of drug-likeness (QED) is 0.335. The van der Waals surface area contributed by atoms with Crippen LogP contribution in [0.1, 0.15) is 130 Å². The summed E-state index contributed by atoms with van der Waals surface area (Å²) in [5.41, 5.74) is -0.0382. The highest BCUT2D eigenvalue weighted by atomic mass is 16.3. The number of ketones is 4. The molecule has 0 aromatic rings. The highest BCUT2D eigenvalue weighted by Gasteiger charge is 2.63. The van der Waals surface area contributed by atoms with Gasteiger partial charge in [-0.05, 0) is 136 Å². The molecule has 8 fully saturated rings. The molecule has 0 unspecified atom stereocenters. The van der Waals surface area contributed by atoms with Crippen LogP contribution in [0.5, 0.6) is 0 Å². The van der Waals surface area contributed by atoms with Gasteiger partial charge in [0.15, 0.2) is 11.6 Å². The number of Topliss-reactive ketones (excluding diaryl/α,β-unsaturated/α-hetero) is 4. The average molecular weight is 609 g/mol. The number of hydrogen-bond donors (Lipinski definition) is 2. The van der Waals surface area contributed by atoms with Crippen molar-refractivity contribution in [3.8, 4) is 0 Å². The summed E-state index contributed by atoms with van der Waals surface area (Å²) in [7, 11) is 0. The number of fused-ring (bicyclic) bond motifs is 10. The Morgan fingerprint density at radius 1 is 0.477 bits per heavy atom. The summed E-state index contributed by atoms with van der Waals surface area (Å²) in [4.78, 5) is 49.7. The molecule has 0 aromatic heterocycles. The van der Waals surface area contributed by atoms with Gasteiger partial charge in [-0.15, -0.1) is 0 Å². The smallest absolute Gasteiger partial charge is 0.164 e. The molecule has 0 bridgehead atoms. The molecule has 0 heterocycles. The predicted molar refractivity (Wildman–Crippen MR) is 166 cm³/mol. The Bertz CT molecular complexity index is 1150. The maximum atomic E-state index is 12.5. The second kappa shape index (κ2) is 10.6. The van der Waals surface area contributed by atoms with Crippen molar-refractivity contribution in [3.05, 3.63) is 0 Å². The van der Waals surface area contributed by atoms with Crippen LogP contribution in [0.2, 0.25) is 0 Å². The van der Waals surface area contributed by atoms with Crippen LogP contribution in [0, 0.1) is 69.0 Å². The molecule has 8 saturated carbocycles. The zero-order chi connectivity index (χ0) is 31.4. The van der Waals surface area contributed by atoms with Gasteiger partial charge >= 0.3 is 0 Å². The summed E-state index contributed by atoms with van der Waals surface area (Å²) in [6.45, 7) is 9.01. The molecule has 8 aliphatic rings. The van der Waals surface area contributed by atoms with Gasteiger partial charge < -0.3 is 10.2 Å². The van der Waals surface area contributed by atoms with Crippen molar-refractivity contribution in [2.24, 2.45) is 69.0 Å². The van der Waals surface area contributed by atoms with E-state index < -0.39 is 12.2 Å². The summed E-state index contributed by atoms with van der Waals surface area (Å²) in [6.07, 6.45) is 13.7. The third-order valence-corrected chi connectivity index (χ3v) is 16.4. The Balaban J connectivity index is 0.000000142. The van der Waals surface area contributed by atoms with Crippen LogP contribution < -0.4 is 0 Å². The summed E-state index contributed by atoms with van der Waals surface area (Å²) < 4.78 is 0. The van der Waals surface area contributed by atoms with Gasteiger partial charge in [-0.25, -0.2) is 0 Å². The Kier molecular flexibility index (Phi) is 7.49. The van der Waals surface area contributed by atoms with E-state index in [9.17, 15) is 29.4 Å². The third kappa shape index (κ3) is 4.24. The van der Waals surface area contributed by atoms with E-state index >= 15 is 0 Å². The Morgan fingerprint density at radius 2 is 0.864 bits per heavy atom. The molecule has 0 aliphatic heterocycles. The average Bonchev–Trinajstić information content (AvgIpc) is 3.48. The first-order valence-electron chi connectivity index (χ1n) is 18.3. The molecule has 44 heavy (non-hydrogen) atoms. The van der Waals surface area contributed by atoms with Crippen molar-refractivity contribution in [3.63, 3.8) is 0 Å². The van der Waals surface area contributed by atoms with Crippen LogP contribution in [-0.2, 0) is 19.2 Å². The van der Waals surface area contributed by atoms with Crippen LogP contribution in [0.25, 0.3) is 0 Å². The zero-order valence-electron chi connectivity index (χ0n) is 27.6. The van der Waals surface area contributed by atoms with Gasteiger partial charge in [-0.1, -0.05) is 27.7 Å². The molecule has 6 nitrogen and oxygen atoms in total. The molecule has 0 saturated heterocycles. The van der Waals surface area contributed by atoms with Crippen molar-refractivity contribution >= 4 is 23.1 Å². The van der Waals surface area contributed by atoms with E-state index in [4.69, 9.17) is 0 Å². The third-order valence-electron chi connectivity index (χ3n) is 16.4. The van der Waals surface area contributed by atoms with E-state index in [1.807, 2.05) is 0 Å². The Morgan fingerprint density at radius 3 is 1.25 bits per heavy atom. The monoisotopic (exact) mass is 608 g/mol. The minimum absolute atomic E-state index is 0.0546. The largest absolute Gasteiger partial charge is 0.385 e. The summed E-state index contributed by atoms with van der Waals surface area (Å²) >= 11 is 0. The topological polar surface area (TPSA) is 109 Å². The van der Waals surface area contributed by atoms with Crippen LogP contribution >= 0.6 is 0 Å². The minimum atomic E-state index is -0.725. The van der Waals surface area contributed by atoms with Crippen LogP contribution in [0.4, 0.5) is 0 Å². The maximum Gasteiger partial charge on any atom is 0.164 e. The van der Waals surface area contributed by atoms with Crippen LogP contribution in [-0.4, -0.2) is 45.6 Å². The van der Waals surface area contributed by atoms with Crippen LogP contribution in [0.15, 0.2) is 0 Å². The summed E-state index contributed by atoms with van der Waals surface area (Å²) in [6, 6.07) is 0. The number of hydrogen-bond acceptors (Lipinski definition) is 6. The number of aliphatic hydroxyl groups excluding tert-OH is 2. The van der Waals surface area contributed by atoms with Crippen molar-refractivity contribution in [1.29, 1.82) is 0 Å². The highest BCUT2D eigenvalue weighted by molar-refractivity contribution is 5.89. The lowest BCUT2D eigenvalue weighted by Crippen LogP contribution is -2.57. The van der Waals surface area contributed by atoms with Gasteiger partial charge in [0.1, 0.15) is 23.8 Å². The van der Waals surface area contributed by atoms with Crippen molar-refractivity contribution < 1.29 is 29.4 Å². The SMILES string of the molecule is C[C@]12CC[C@@H](O)C(=O)[C@@H]1CC[C@@H]1[C@@H]2CC[C@]2(C)C(=O)CC[C@@H]12.C[C@]12CC[C@@H](O)C(=O)[C@@H]1CC[C@@H]1[C@@H]2CC[C@]2(C)C(=O)CC[C@@H]12. The zero-order valence-corrected chi connectivity index (χ0v) is 27.6. The second-order valence-electron chi connectivity index (χ2n) is 17.8. The van der Waals surface area contributed by atoms with Crippen molar-refractivity contribution in [2.45, 2.75) is 143 Å². The standard InChI is InChI=1S/2C19H28O3/c2*1-18-10-8-15(20)17(22)14(18)4-3-11-12-5-6-16(21)19(12,2)9-7-13(11)18/h2*11-15,20H,3-10H2,1-2H3/t2*11-,12-,13-,14-,15+,18+,19-/m00/s1. The molecule has 6 heteroatoms. The number of carbonyl (C=O) groups excluding carboxylic acids is 4. The molecule has 0 amide bonds.